The van der Waals surface area contributed by atoms with Gasteiger partial charge < -0.3 is 10.5 Å². The number of nitrogens with zero attached hydrogens (tertiary/aromatic N) is 2. The van der Waals surface area contributed by atoms with Crippen molar-refractivity contribution in [3.05, 3.63) is 41.0 Å². The monoisotopic (exact) mass is 329 g/mol. The Bertz CT molecular complexity index is 774. The molecule has 0 aliphatic carbocycles. The third-order valence-corrected chi connectivity index (χ3v) is 5.03. The lowest BCUT2D eigenvalue weighted by atomic mass is 10.1. The molecule has 0 spiro atoms. The van der Waals surface area contributed by atoms with Crippen LogP contribution in [0, 0.1) is 0 Å². The van der Waals surface area contributed by atoms with Crippen LogP contribution in [0.15, 0.2) is 30.5 Å². The Hall–Kier alpha value is -1.85. The van der Waals surface area contributed by atoms with Crippen molar-refractivity contribution in [2.45, 2.75) is 33.1 Å². The van der Waals surface area contributed by atoms with Crippen LogP contribution in [0.5, 0.6) is 5.75 Å². The van der Waals surface area contributed by atoms with E-state index in [1.807, 2.05) is 18.3 Å². The van der Waals surface area contributed by atoms with Gasteiger partial charge in [-0.2, -0.15) is 0 Å². The second-order valence-corrected chi connectivity index (χ2v) is 6.57. The van der Waals surface area contributed by atoms with Crippen LogP contribution >= 0.6 is 11.3 Å². The Kier molecular flexibility index (Phi) is 4.98. The van der Waals surface area contributed by atoms with E-state index in [-0.39, 0.29) is 0 Å². The van der Waals surface area contributed by atoms with Crippen LogP contribution in [-0.4, -0.2) is 22.5 Å². The topological polar surface area (TPSA) is 52.5 Å². The number of aryl methyl sites for hydroxylation is 1. The highest BCUT2D eigenvalue weighted by Crippen LogP contribution is 2.34. The number of ether oxygens (including phenoxy) is 1. The van der Waals surface area contributed by atoms with Crippen molar-refractivity contribution in [3.63, 3.8) is 0 Å². The molecule has 2 N–H and O–H groups in total. The van der Waals surface area contributed by atoms with Crippen molar-refractivity contribution < 1.29 is 4.74 Å². The quantitative estimate of drug-likeness (QED) is 0.715. The SMILES string of the molecule is CCCOc1ccc(-c2c(CC)sc3ncc(CCN)n23)cc1. The molecule has 5 heteroatoms. The molecule has 2 aromatic heterocycles. The van der Waals surface area contributed by atoms with E-state index < -0.39 is 0 Å². The summed E-state index contributed by atoms with van der Waals surface area (Å²) in [7, 11) is 0. The number of rotatable bonds is 7. The summed E-state index contributed by atoms with van der Waals surface area (Å²) in [6.07, 6.45) is 4.80. The number of aromatic nitrogens is 2. The van der Waals surface area contributed by atoms with E-state index in [9.17, 15) is 0 Å². The molecular formula is C18H23N3OS. The maximum absolute atomic E-state index is 5.75. The molecule has 3 aromatic rings. The summed E-state index contributed by atoms with van der Waals surface area (Å²) in [5.41, 5.74) is 9.38. The minimum absolute atomic E-state index is 0.633. The highest BCUT2D eigenvalue weighted by molar-refractivity contribution is 7.17. The third kappa shape index (κ3) is 3.12. The molecule has 0 unspecified atom stereocenters. The minimum atomic E-state index is 0.633. The molecule has 122 valence electrons. The van der Waals surface area contributed by atoms with E-state index in [1.165, 1.54) is 21.8 Å². The molecule has 0 saturated heterocycles. The van der Waals surface area contributed by atoms with Crippen molar-refractivity contribution in [2.24, 2.45) is 5.73 Å². The summed E-state index contributed by atoms with van der Waals surface area (Å²) in [6.45, 7) is 5.69. The highest BCUT2D eigenvalue weighted by Gasteiger charge is 2.16. The van der Waals surface area contributed by atoms with Crippen molar-refractivity contribution in [1.82, 2.24) is 9.38 Å². The van der Waals surface area contributed by atoms with Gasteiger partial charge in [0.2, 0.25) is 0 Å². The second-order valence-electron chi connectivity index (χ2n) is 5.51. The van der Waals surface area contributed by atoms with E-state index in [0.717, 1.165) is 36.6 Å². The van der Waals surface area contributed by atoms with Gasteiger partial charge in [-0.05, 0) is 49.2 Å². The van der Waals surface area contributed by atoms with Crippen LogP contribution in [0.25, 0.3) is 16.2 Å². The van der Waals surface area contributed by atoms with Gasteiger partial charge in [0.05, 0.1) is 18.5 Å². The first-order valence-electron chi connectivity index (χ1n) is 8.19. The van der Waals surface area contributed by atoms with Crippen LogP contribution < -0.4 is 10.5 Å². The fraction of sp³-hybridized carbons (Fsp3) is 0.389. The first-order valence-corrected chi connectivity index (χ1v) is 9.01. The maximum Gasteiger partial charge on any atom is 0.194 e. The summed E-state index contributed by atoms with van der Waals surface area (Å²) >= 11 is 1.76. The molecule has 1 aromatic carbocycles. The van der Waals surface area contributed by atoms with Crippen LogP contribution in [0.4, 0.5) is 0 Å². The first-order chi connectivity index (χ1) is 11.3. The van der Waals surface area contributed by atoms with Crippen LogP contribution in [-0.2, 0) is 12.8 Å². The molecule has 0 amide bonds. The van der Waals surface area contributed by atoms with Crippen molar-refractivity contribution >= 4 is 16.3 Å². The predicted molar refractivity (Wildman–Crippen MR) is 96.4 cm³/mol. The molecule has 0 fully saturated rings. The highest BCUT2D eigenvalue weighted by atomic mass is 32.1. The van der Waals surface area contributed by atoms with E-state index in [4.69, 9.17) is 10.5 Å². The van der Waals surface area contributed by atoms with E-state index in [2.05, 4.69) is 35.4 Å². The van der Waals surface area contributed by atoms with E-state index in [0.29, 0.717) is 6.54 Å². The normalized spacial score (nSPS) is 11.3. The fourth-order valence-corrected chi connectivity index (χ4v) is 3.82. The Balaban J connectivity index is 2.04. The third-order valence-electron chi connectivity index (χ3n) is 3.83. The van der Waals surface area contributed by atoms with Gasteiger partial charge in [-0.15, -0.1) is 11.3 Å². The van der Waals surface area contributed by atoms with Gasteiger partial charge in [0.25, 0.3) is 0 Å². The molecule has 0 saturated carbocycles. The number of fused-ring (bicyclic) bond motifs is 1. The van der Waals surface area contributed by atoms with Gasteiger partial charge in [0, 0.05) is 17.0 Å². The standard InChI is InChI=1S/C18H23N3OS/c1-3-11-22-15-7-5-13(6-8-15)17-16(4-2)23-18-20-12-14(9-10-19)21(17)18/h5-8,12H,3-4,9-11,19H2,1-2H3. The summed E-state index contributed by atoms with van der Waals surface area (Å²) in [5.74, 6) is 0.924. The summed E-state index contributed by atoms with van der Waals surface area (Å²) in [4.78, 5) is 6.95. The first kappa shape index (κ1) is 16.0. The molecule has 0 radical (unpaired) electrons. The molecule has 2 heterocycles. The number of hydrogen-bond acceptors (Lipinski definition) is 4. The van der Waals surface area contributed by atoms with Crippen molar-refractivity contribution in [1.29, 1.82) is 0 Å². The molecule has 23 heavy (non-hydrogen) atoms. The average molecular weight is 329 g/mol. The lowest BCUT2D eigenvalue weighted by molar-refractivity contribution is 0.317. The zero-order valence-electron chi connectivity index (χ0n) is 13.7. The van der Waals surface area contributed by atoms with Crippen molar-refractivity contribution in [2.75, 3.05) is 13.2 Å². The second kappa shape index (κ2) is 7.15. The number of nitrogens with two attached hydrogens (primary N) is 1. The van der Waals surface area contributed by atoms with Gasteiger partial charge in [-0.25, -0.2) is 4.98 Å². The summed E-state index contributed by atoms with van der Waals surface area (Å²) in [6, 6.07) is 8.37. The lowest BCUT2D eigenvalue weighted by Gasteiger charge is -2.09. The molecule has 0 bridgehead atoms. The van der Waals surface area contributed by atoms with Crippen LogP contribution in [0.3, 0.4) is 0 Å². The van der Waals surface area contributed by atoms with E-state index >= 15 is 0 Å². The van der Waals surface area contributed by atoms with Crippen LogP contribution in [0.1, 0.15) is 30.8 Å². The number of imidazole rings is 1. The molecule has 0 aliphatic rings. The summed E-state index contributed by atoms with van der Waals surface area (Å²) < 4.78 is 7.95. The van der Waals surface area contributed by atoms with Gasteiger partial charge in [0.1, 0.15) is 5.75 Å². The Morgan fingerprint density at radius 3 is 2.65 bits per heavy atom. The van der Waals surface area contributed by atoms with Crippen molar-refractivity contribution in [3.8, 4) is 17.0 Å². The molecule has 3 rings (SSSR count). The number of hydrogen-bond donors (Lipinski definition) is 1. The van der Waals surface area contributed by atoms with Gasteiger partial charge >= 0.3 is 0 Å². The smallest absolute Gasteiger partial charge is 0.194 e. The molecule has 0 atom stereocenters. The minimum Gasteiger partial charge on any atom is -0.494 e. The van der Waals surface area contributed by atoms with E-state index in [1.54, 1.807) is 11.3 Å². The van der Waals surface area contributed by atoms with Gasteiger partial charge in [0.15, 0.2) is 4.96 Å². The Labute approximate surface area is 140 Å². The Morgan fingerprint density at radius 2 is 2.00 bits per heavy atom. The maximum atomic E-state index is 5.75. The Morgan fingerprint density at radius 1 is 1.22 bits per heavy atom. The molecular weight excluding hydrogens is 306 g/mol. The summed E-state index contributed by atoms with van der Waals surface area (Å²) in [5, 5.41) is 0. The lowest BCUT2D eigenvalue weighted by Crippen LogP contribution is -2.05. The zero-order chi connectivity index (χ0) is 16.2. The van der Waals surface area contributed by atoms with Gasteiger partial charge in [-0.3, -0.25) is 4.40 Å². The number of thiazole rings is 1. The molecule has 0 aliphatic heterocycles. The number of benzene rings is 1. The van der Waals surface area contributed by atoms with Gasteiger partial charge in [-0.1, -0.05) is 13.8 Å². The predicted octanol–water partition coefficient (Wildman–Crippen LogP) is 3.92. The largest absolute Gasteiger partial charge is 0.494 e. The fourth-order valence-electron chi connectivity index (χ4n) is 2.75. The zero-order valence-corrected chi connectivity index (χ0v) is 14.5. The van der Waals surface area contributed by atoms with Crippen LogP contribution in [0.2, 0.25) is 0 Å². The molecule has 4 nitrogen and oxygen atoms in total. The average Bonchev–Trinajstić information content (AvgIpc) is 3.13.